The van der Waals surface area contributed by atoms with Crippen LogP contribution in [0.15, 0.2) is 30.3 Å². The predicted octanol–water partition coefficient (Wildman–Crippen LogP) is 11.3. The molecule has 1 nitrogen and oxygen atoms in total. The first-order valence-electron chi connectivity index (χ1n) is 15.8. The first-order valence-corrected chi connectivity index (χ1v) is 19.0. The van der Waals surface area contributed by atoms with Crippen LogP contribution in [0.1, 0.15) is 141 Å². The minimum atomic E-state index is -1.31. The third kappa shape index (κ3) is 22.2. The van der Waals surface area contributed by atoms with Gasteiger partial charge in [-0.3, -0.25) is 0 Å². The summed E-state index contributed by atoms with van der Waals surface area (Å²) in [7, 11) is -1.31. The summed E-state index contributed by atoms with van der Waals surface area (Å²) in [6.45, 7) is 8.82. The average Bonchev–Trinajstić information content (AvgIpc) is 2.88. The van der Waals surface area contributed by atoms with E-state index in [0.29, 0.717) is 0 Å². The van der Waals surface area contributed by atoms with Crippen molar-refractivity contribution in [2.24, 2.45) is 0 Å². The second-order valence-corrected chi connectivity index (χ2v) is 16.1. The van der Waals surface area contributed by atoms with Crippen LogP contribution in [-0.2, 0) is 11.3 Å². The van der Waals surface area contributed by atoms with Gasteiger partial charge in [-0.1, -0.05) is 160 Å². The van der Waals surface area contributed by atoms with E-state index in [9.17, 15) is 0 Å². The van der Waals surface area contributed by atoms with E-state index >= 15 is 0 Å². The maximum absolute atomic E-state index is 5.77. The van der Waals surface area contributed by atoms with Gasteiger partial charge in [-0.2, -0.15) is 0 Å². The van der Waals surface area contributed by atoms with Crippen molar-refractivity contribution < 1.29 is 4.74 Å². The van der Waals surface area contributed by atoms with Gasteiger partial charge in [0.2, 0.25) is 0 Å². The summed E-state index contributed by atoms with van der Waals surface area (Å²) in [6.07, 6.45) is 27.8. The Morgan fingerprint density at radius 3 is 1.67 bits per heavy atom. The Morgan fingerprint density at radius 2 is 1.11 bits per heavy atom. The van der Waals surface area contributed by atoms with Crippen LogP contribution in [0.5, 0.6) is 0 Å². The molecule has 0 spiro atoms. The Kier molecular flexibility index (Phi) is 22.3. The van der Waals surface area contributed by atoms with Gasteiger partial charge in [-0.05, 0) is 24.4 Å². The molecule has 2 heteroatoms. The summed E-state index contributed by atoms with van der Waals surface area (Å²) in [5, 5.41) is 0. The fourth-order valence-corrected chi connectivity index (χ4v) is 6.70. The number of hydrogen-bond donors (Lipinski definition) is 0. The largest absolute Gasteiger partial charge is 0.377 e. The van der Waals surface area contributed by atoms with Crippen molar-refractivity contribution in [3.8, 4) is 11.5 Å². The van der Waals surface area contributed by atoms with Crippen LogP contribution in [0.3, 0.4) is 0 Å². The van der Waals surface area contributed by atoms with E-state index in [0.717, 1.165) is 26.1 Å². The highest BCUT2D eigenvalue weighted by Gasteiger charge is 2.16. The van der Waals surface area contributed by atoms with Crippen LogP contribution in [-0.4, -0.2) is 14.7 Å². The van der Waals surface area contributed by atoms with Gasteiger partial charge in [0, 0.05) is 13.0 Å². The maximum Gasteiger partial charge on any atom is 0.132 e. The molecular weight excluding hydrogens is 452 g/mol. The third-order valence-electron chi connectivity index (χ3n) is 7.28. The van der Waals surface area contributed by atoms with E-state index in [4.69, 9.17) is 4.74 Å². The van der Waals surface area contributed by atoms with Crippen LogP contribution >= 0.6 is 0 Å². The minimum absolute atomic E-state index is 0.736. The molecule has 0 fully saturated rings. The lowest BCUT2D eigenvalue weighted by Gasteiger charge is -2.14. The molecule has 1 aromatic carbocycles. The Hall–Kier alpha value is -1.04. The molecule has 0 bridgehead atoms. The number of hydrogen-bond acceptors (Lipinski definition) is 1. The zero-order chi connectivity index (χ0) is 26.0. The Balaban J connectivity index is 1.84. The molecule has 0 amide bonds. The van der Waals surface area contributed by atoms with Crippen molar-refractivity contribution in [3.05, 3.63) is 35.9 Å². The molecule has 0 atom stereocenters. The molecule has 0 aliphatic rings. The van der Waals surface area contributed by atoms with Gasteiger partial charge < -0.3 is 4.74 Å². The van der Waals surface area contributed by atoms with E-state index in [-0.39, 0.29) is 0 Å². The minimum Gasteiger partial charge on any atom is -0.377 e. The van der Waals surface area contributed by atoms with E-state index in [2.05, 4.69) is 61.8 Å². The van der Waals surface area contributed by atoms with Crippen LogP contribution in [0.25, 0.3) is 0 Å². The molecule has 206 valence electrons. The molecular formula is C34H60OSi. The van der Waals surface area contributed by atoms with Crippen molar-refractivity contribution in [2.75, 3.05) is 6.61 Å². The normalized spacial score (nSPS) is 11.4. The Bertz CT molecular complexity index is 642. The zero-order valence-corrected chi connectivity index (χ0v) is 25.6. The van der Waals surface area contributed by atoms with E-state index in [1.54, 1.807) is 0 Å². The zero-order valence-electron chi connectivity index (χ0n) is 24.6. The van der Waals surface area contributed by atoms with Gasteiger partial charge in [0.05, 0.1) is 6.61 Å². The molecule has 0 heterocycles. The van der Waals surface area contributed by atoms with Gasteiger partial charge in [-0.25, -0.2) is 0 Å². The quantitative estimate of drug-likeness (QED) is 0.0760. The van der Waals surface area contributed by atoms with Crippen LogP contribution in [0.4, 0.5) is 0 Å². The van der Waals surface area contributed by atoms with Crippen LogP contribution in [0, 0.1) is 11.5 Å². The summed E-state index contributed by atoms with van der Waals surface area (Å²) in [6, 6.07) is 11.8. The standard InChI is InChI=1S/C34H60OSi/c1-4-5-6-7-8-9-10-11-12-13-14-15-16-17-20-26-31-36(2,3)32-27-21-18-19-25-30-35-33-34-28-23-22-24-29-34/h22-24,28-29H,4-21,25-26,30-31,33H2,1-3H3. The lowest BCUT2D eigenvalue weighted by atomic mass is 10.0. The lowest BCUT2D eigenvalue weighted by molar-refractivity contribution is 0.117. The van der Waals surface area contributed by atoms with Gasteiger partial charge in [0.1, 0.15) is 8.07 Å². The van der Waals surface area contributed by atoms with E-state index < -0.39 is 8.07 Å². The molecule has 0 aliphatic carbocycles. The lowest BCUT2D eigenvalue weighted by Crippen LogP contribution is -2.22. The van der Waals surface area contributed by atoms with Crippen molar-refractivity contribution >= 4 is 8.07 Å². The summed E-state index contributed by atoms with van der Waals surface area (Å²) >= 11 is 0. The smallest absolute Gasteiger partial charge is 0.132 e. The predicted molar refractivity (Wildman–Crippen MR) is 164 cm³/mol. The Labute approximate surface area is 227 Å². The van der Waals surface area contributed by atoms with Crippen molar-refractivity contribution in [1.29, 1.82) is 0 Å². The van der Waals surface area contributed by atoms with Crippen LogP contribution < -0.4 is 0 Å². The first-order chi connectivity index (χ1) is 17.6. The SMILES string of the molecule is CCCCCCCCCCCCCCCCCC[Si](C)(C)C#CCCCCCOCc1ccccc1. The van der Waals surface area contributed by atoms with E-state index in [1.807, 2.05) is 0 Å². The number of rotatable bonds is 24. The summed E-state index contributed by atoms with van der Waals surface area (Å²) < 4.78 is 5.77. The molecule has 0 saturated heterocycles. The molecule has 0 unspecified atom stereocenters. The molecule has 1 aromatic rings. The number of ether oxygens (including phenoxy) is 1. The highest BCUT2D eigenvalue weighted by atomic mass is 28.3. The Morgan fingerprint density at radius 1 is 0.611 bits per heavy atom. The van der Waals surface area contributed by atoms with Crippen molar-refractivity contribution in [2.45, 2.75) is 161 Å². The maximum atomic E-state index is 5.77. The first kappa shape index (κ1) is 33.0. The highest BCUT2D eigenvalue weighted by Crippen LogP contribution is 2.17. The topological polar surface area (TPSA) is 9.23 Å². The third-order valence-corrected chi connectivity index (χ3v) is 9.74. The molecule has 0 aliphatic heterocycles. The van der Waals surface area contributed by atoms with Gasteiger partial charge >= 0.3 is 0 Å². The fraction of sp³-hybridized carbons (Fsp3) is 0.765. The molecule has 0 N–H and O–H groups in total. The van der Waals surface area contributed by atoms with Gasteiger partial charge in [0.25, 0.3) is 0 Å². The molecule has 1 rings (SSSR count). The molecule has 0 aromatic heterocycles. The van der Waals surface area contributed by atoms with Crippen LogP contribution in [0.2, 0.25) is 19.1 Å². The monoisotopic (exact) mass is 512 g/mol. The summed E-state index contributed by atoms with van der Waals surface area (Å²) in [5.74, 6) is 3.52. The van der Waals surface area contributed by atoms with Gasteiger partial charge in [-0.15, -0.1) is 11.5 Å². The van der Waals surface area contributed by atoms with Gasteiger partial charge in [0.15, 0.2) is 0 Å². The molecule has 0 radical (unpaired) electrons. The van der Waals surface area contributed by atoms with Crippen molar-refractivity contribution in [1.82, 2.24) is 0 Å². The second kappa shape index (κ2) is 24.3. The molecule has 0 saturated carbocycles. The van der Waals surface area contributed by atoms with E-state index in [1.165, 1.54) is 127 Å². The molecule has 36 heavy (non-hydrogen) atoms. The fourth-order valence-electron chi connectivity index (χ4n) is 4.84. The average molecular weight is 513 g/mol. The number of benzene rings is 1. The summed E-state index contributed by atoms with van der Waals surface area (Å²) in [4.78, 5) is 0. The second-order valence-electron chi connectivity index (χ2n) is 11.6. The number of unbranched alkanes of at least 4 members (excludes halogenated alkanes) is 18. The summed E-state index contributed by atoms with van der Waals surface area (Å²) in [5.41, 5.74) is 4.96. The highest BCUT2D eigenvalue weighted by molar-refractivity contribution is 6.85. The van der Waals surface area contributed by atoms with Crippen molar-refractivity contribution in [3.63, 3.8) is 0 Å².